The molecule has 0 aromatic heterocycles. The number of nitrogens with one attached hydrogen (secondary N) is 2. The molecule has 7 heteroatoms. The number of hydrogen-bond acceptors (Lipinski definition) is 3. The van der Waals surface area contributed by atoms with Crippen LogP contribution in [0.3, 0.4) is 0 Å². The van der Waals surface area contributed by atoms with Gasteiger partial charge in [0.2, 0.25) is 0 Å². The molecule has 0 unspecified atom stereocenters. The molecule has 0 bridgehead atoms. The molecule has 0 fully saturated rings. The van der Waals surface area contributed by atoms with Gasteiger partial charge in [0.1, 0.15) is 0 Å². The van der Waals surface area contributed by atoms with Crippen molar-refractivity contribution in [3.63, 3.8) is 0 Å². The van der Waals surface area contributed by atoms with E-state index in [1.165, 1.54) is 6.07 Å². The van der Waals surface area contributed by atoms with E-state index in [0.29, 0.717) is 18.1 Å². The third-order valence-electron chi connectivity index (χ3n) is 2.61. The van der Waals surface area contributed by atoms with Crippen LogP contribution in [0.4, 0.5) is 13.2 Å². The Balaban J connectivity index is 0.00000180. The van der Waals surface area contributed by atoms with Gasteiger partial charge in [-0.1, -0.05) is 12.1 Å². The second-order valence-electron chi connectivity index (χ2n) is 4.06. The summed E-state index contributed by atoms with van der Waals surface area (Å²) >= 11 is 0. The molecule has 1 aromatic rings. The van der Waals surface area contributed by atoms with Crippen LogP contribution in [0.25, 0.3) is 0 Å². The van der Waals surface area contributed by atoms with Gasteiger partial charge in [0.05, 0.1) is 5.56 Å². The topological polar surface area (TPSA) is 36.4 Å². The molecule has 1 aliphatic rings. The highest BCUT2D eigenvalue weighted by Crippen LogP contribution is 2.29. The van der Waals surface area contributed by atoms with Crippen LogP contribution in [0.5, 0.6) is 0 Å². The molecule has 2 N–H and O–H groups in total. The van der Waals surface area contributed by atoms with Crippen LogP contribution >= 0.6 is 24.0 Å². The van der Waals surface area contributed by atoms with Gasteiger partial charge in [-0.25, -0.2) is 0 Å². The highest BCUT2D eigenvalue weighted by atomic mass is 127. The minimum absolute atomic E-state index is 0. The maximum atomic E-state index is 12.5. The van der Waals surface area contributed by atoms with Crippen LogP contribution in [0.1, 0.15) is 17.5 Å². The first kappa shape index (κ1) is 16.1. The number of alkyl halides is 3. The zero-order valence-electron chi connectivity index (χ0n) is 10.1. The van der Waals surface area contributed by atoms with Crippen molar-refractivity contribution in [2.45, 2.75) is 19.1 Å². The summed E-state index contributed by atoms with van der Waals surface area (Å²) in [5.41, 5.74) is -0.0414. The summed E-state index contributed by atoms with van der Waals surface area (Å²) in [6, 6.07) is 5.29. The van der Waals surface area contributed by atoms with Gasteiger partial charge in [-0.15, -0.1) is 24.0 Å². The highest BCUT2D eigenvalue weighted by Gasteiger charge is 2.30. The van der Waals surface area contributed by atoms with E-state index in [1.807, 2.05) is 0 Å². The van der Waals surface area contributed by atoms with E-state index < -0.39 is 11.7 Å². The van der Waals surface area contributed by atoms with Gasteiger partial charge in [-0.2, -0.15) is 13.2 Å². The molecule has 0 amide bonds. The number of rotatable bonds is 2. The SMILES string of the molecule is FC(F)(F)c1cccc(CNC2=NCCCN2)c1.I. The van der Waals surface area contributed by atoms with Gasteiger partial charge < -0.3 is 10.6 Å². The van der Waals surface area contributed by atoms with E-state index in [2.05, 4.69) is 15.6 Å². The Hall–Kier alpha value is -0.990. The molecule has 0 radical (unpaired) electrons. The quantitative estimate of drug-likeness (QED) is 0.769. The monoisotopic (exact) mass is 385 g/mol. The standard InChI is InChI=1S/C12H14F3N3.HI/c13-12(14,15)10-4-1-3-9(7-10)8-18-11-16-5-2-6-17-11;/h1,3-4,7H,2,5-6,8H2,(H2,16,17,18);1H. The van der Waals surface area contributed by atoms with Crippen LogP contribution in [-0.4, -0.2) is 19.0 Å². The Morgan fingerprint density at radius 3 is 2.74 bits per heavy atom. The first-order valence-electron chi connectivity index (χ1n) is 5.74. The first-order chi connectivity index (χ1) is 8.55. The minimum atomic E-state index is -4.30. The average molecular weight is 385 g/mol. The molecule has 1 heterocycles. The third-order valence-corrected chi connectivity index (χ3v) is 2.61. The van der Waals surface area contributed by atoms with Crippen molar-refractivity contribution < 1.29 is 13.2 Å². The van der Waals surface area contributed by atoms with Crippen molar-refractivity contribution in [1.29, 1.82) is 0 Å². The van der Waals surface area contributed by atoms with Crippen molar-refractivity contribution >= 4 is 29.9 Å². The van der Waals surface area contributed by atoms with Gasteiger partial charge in [-0.3, -0.25) is 4.99 Å². The number of aliphatic imine (C=N–C) groups is 1. The summed E-state index contributed by atoms with van der Waals surface area (Å²) in [4.78, 5) is 4.19. The Labute approximate surface area is 126 Å². The van der Waals surface area contributed by atoms with E-state index in [4.69, 9.17) is 0 Å². The molecule has 19 heavy (non-hydrogen) atoms. The summed E-state index contributed by atoms with van der Waals surface area (Å²) in [6.07, 6.45) is -3.31. The van der Waals surface area contributed by atoms with E-state index >= 15 is 0 Å². The summed E-state index contributed by atoms with van der Waals surface area (Å²) in [5, 5.41) is 6.04. The lowest BCUT2D eigenvalue weighted by Crippen LogP contribution is -2.40. The second kappa shape index (κ2) is 6.97. The molecule has 0 atom stereocenters. The maximum absolute atomic E-state index is 12.5. The van der Waals surface area contributed by atoms with Gasteiger partial charge in [0, 0.05) is 19.6 Å². The van der Waals surface area contributed by atoms with Crippen molar-refractivity contribution in [2.75, 3.05) is 13.1 Å². The van der Waals surface area contributed by atoms with Gasteiger partial charge >= 0.3 is 6.18 Å². The molecule has 1 aliphatic heterocycles. The highest BCUT2D eigenvalue weighted by molar-refractivity contribution is 14.0. The summed E-state index contributed by atoms with van der Waals surface area (Å²) < 4.78 is 37.5. The lowest BCUT2D eigenvalue weighted by Gasteiger charge is -2.16. The first-order valence-corrected chi connectivity index (χ1v) is 5.74. The van der Waals surface area contributed by atoms with Crippen molar-refractivity contribution in [3.05, 3.63) is 35.4 Å². The fourth-order valence-electron chi connectivity index (χ4n) is 1.69. The Morgan fingerprint density at radius 1 is 1.32 bits per heavy atom. The maximum Gasteiger partial charge on any atom is 0.416 e. The Morgan fingerprint density at radius 2 is 2.11 bits per heavy atom. The lowest BCUT2D eigenvalue weighted by atomic mass is 10.1. The third kappa shape index (κ3) is 4.88. The fraction of sp³-hybridized carbons (Fsp3) is 0.417. The number of hydrogen-bond donors (Lipinski definition) is 2. The molecule has 0 spiro atoms. The number of guanidine groups is 1. The molecule has 0 saturated carbocycles. The van der Waals surface area contributed by atoms with Crippen LogP contribution in [0, 0.1) is 0 Å². The molecular formula is C12H15F3IN3. The van der Waals surface area contributed by atoms with E-state index in [1.54, 1.807) is 6.07 Å². The lowest BCUT2D eigenvalue weighted by molar-refractivity contribution is -0.137. The second-order valence-corrected chi connectivity index (χ2v) is 4.06. The van der Waals surface area contributed by atoms with Crippen LogP contribution in [-0.2, 0) is 12.7 Å². The Bertz CT molecular complexity index is 446. The number of nitrogens with zero attached hydrogens (tertiary/aromatic N) is 1. The molecule has 106 valence electrons. The summed E-state index contributed by atoms with van der Waals surface area (Å²) in [6.45, 7) is 1.92. The smallest absolute Gasteiger partial charge is 0.356 e. The van der Waals surface area contributed by atoms with Crippen molar-refractivity contribution in [3.8, 4) is 0 Å². The molecule has 3 nitrogen and oxygen atoms in total. The van der Waals surface area contributed by atoms with Crippen molar-refractivity contribution in [1.82, 2.24) is 10.6 Å². The predicted octanol–water partition coefficient (Wildman–Crippen LogP) is 2.76. The van der Waals surface area contributed by atoms with Gasteiger partial charge in [-0.05, 0) is 24.1 Å². The Kier molecular flexibility index (Phi) is 5.89. The molecule has 1 aromatic carbocycles. The average Bonchev–Trinajstić information content (AvgIpc) is 2.37. The summed E-state index contributed by atoms with van der Waals surface area (Å²) in [7, 11) is 0. The molecule has 0 saturated heterocycles. The molecule has 0 aliphatic carbocycles. The van der Waals surface area contributed by atoms with E-state index in [9.17, 15) is 13.2 Å². The zero-order valence-corrected chi connectivity index (χ0v) is 12.5. The van der Waals surface area contributed by atoms with Crippen LogP contribution in [0.15, 0.2) is 29.3 Å². The normalized spacial score (nSPS) is 15.0. The summed E-state index contributed by atoms with van der Waals surface area (Å²) in [5.74, 6) is 0.652. The van der Waals surface area contributed by atoms with E-state index in [-0.39, 0.29) is 24.0 Å². The fourth-order valence-corrected chi connectivity index (χ4v) is 1.69. The molecule has 2 rings (SSSR count). The zero-order chi connectivity index (χ0) is 13.0. The minimum Gasteiger partial charge on any atom is -0.356 e. The largest absolute Gasteiger partial charge is 0.416 e. The van der Waals surface area contributed by atoms with Gasteiger partial charge in [0.25, 0.3) is 0 Å². The van der Waals surface area contributed by atoms with Crippen LogP contribution in [0.2, 0.25) is 0 Å². The van der Waals surface area contributed by atoms with Gasteiger partial charge in [0.15, 0.2) is 5.96 Å². The van der Waals surface area contributed by atoms with Crippen LogP contribution < -0.4 is 10.6 Å². The van der Waals surface area contributed by atoms with E-state index in [0.717, 1.165) is 31.6 Å². The number of halogens is 4. The van der Waals surface area contributed by atoms with Crippen molar-refractivity contribution in [2.24, 2.45) is 4.99 Å². The predicted molar refractivity (Wildman–Crippen MR) is 78.6 cm³/mol. The number of benzene rings is 1. The molecular weight excluding hydrogens is 370 g/mol.